The lowest BCUT2D eigenvalue weighted by atomic mass is 10.2. The minimum absolute atomic E-state index is 0.0643. The van der Waals surface area contributed by atoms with Crippen LogP contribution in [0.1, 0.15) is 15.9 Å². The molecule has 0 unspecified atom stereocenters. The van der Waals surface area contributed by atoms with Crippen molar-refractivity contribution in [3.8, 4) is 5.75 Å². The van der Waals surface area contributed by atoms with Crippen LogP contribution in [0, 0.1) is 0 Å². The molecule has 21 heavy (non-hydrogen) atoms. The van der Waals surface area contributed by atoms with Crippen LogP contribution in [0.25, 0.3) is 0 Å². The van der Waals surface area contributed by atoms with Crippen molar-refractivity contribution < 1.29 is 14.6 Å². The standard InChI is InChI=1S/C15H15ClN2O3/c1-18(9-10-5-3-4-6-13(10)21-2)14-12(16)7-11(8-17-14)15(19)20/h3-8H,9H2,1-2H3,(H,19,20). The van der Waals surface area contributed by atoms with E-state index in [1.54, 1.807) is 7.11 Å². The zero-order chi connectivity index (χ0) is 15.4. The first-order valence-corrected chi connectivity index (χ1v) is 6.62. The van der Waals surface area contributed by atoms with Gasteiger partial charge in [0.05, 0.1) is 17.7 Å². The van der Waals surface area contributed by atoms with Crippen molar-refractivity contribution >= 4 is 23.4 Å². The zero-order valence-corrected chi connectivity index (χ0v) is 12.5. The number of rotatable bonds is 5. The molecule has 0 aliphatic rings. The van der Waals surface area contributed by atoms with Gasteiger partial charge in [-0.05, 0) is 12.1 Å². The number of carboxylic acid groups (broad SMARTS) is 1. The van der Waals surface area contributed by atoms with E-state index in [0.717, 1.165) is 11.3 Å². The van der Waals surface area contributed by atoms with Gasteiger partial charge < -0.3 is 14.7 Å². The Kier molecular flexibility index (Phi) is 4.65. The first kappa shape index (κ1) is 15.1. The Balaban J connectivity index is 2.24. The second kappa shape index (κ2) is 6.45. The average molecular weight is 307 g/mol. The summed E-state index contributed by atoms with van der Waals surface area (Å²) in [6, 6.07) is 9.05. The quantitative estimate of drug-likeness (QED) is 0.919. The Labute approximate surface area is 127 Å². The molecule has 6 heteroatoms. The van der Waals surface area contributed by atoms with Crippen molar-refractivity contribution in [3.05, 3.63) is 52.7 Å². The van der Waals surface area contributed by atoms with Crippen LogP contribution >= 0.6 is 11.6 Å². The van der Waals surface area contributed by atoms with Gasteiger partial charge in [0.1, 0.15) is 11.6 Å². The van der Waals surface area contributed by atoms with Crippen molar-refractivity contribution in [2.45, 2.75) is 6.54 Å². The molecular weight excluding hydrogens is 292 g/mol. The maximum absolute atomic E-state index is 10.9. The maximum Gasteiger partial charge on any atom is 0.337 e. The van der Waals surface area contributed by atoms with Crippen molar-refractivity contribution in [2.75, 3.05) is 19.1 Å². The molecule has 1 aromatic heterocycles. The van der Waals surface area contributed by atoms with Gasteiger partial charge in [-0.3, -0.25) is 0 Å². The molecule has 5 nitrogen and oxygen atoms in total. The smallest absolute Gasteiger partial charge is 0.337 e. The SMILES string of the molecule is COc1ccccc1CN(C)c1ncc(C(=O)O)cc1Cl. The lowest BCUT2D eigenvalue weighted by Gasteiger charge is -2.20. The lowest BCUT2D eigenvalue weighted by Crippen LogP contribution is -2.19. The molecule has 110 valence electrons. The molecule has 0 aliphatic carbocycles. The first-order valence-electron chi connectivity index (χ1n) is 6.24. The number of hydrogen-bond donors (Lipinski definition) is 1. The van der Waals surface area contributed by atoms with Crippen LogP contribution in [0.15, 0.2) is 36.5 Å². The molecule has 0 fully saturated rings. The van der Waals surface area contributed by atoms with E-state index >= 15 is 0 Å². The summed E-state index contributed by atoms with van der Waals surface area (Å²) in [4.78, 5) is 16.8. The molecule has 0 saturated heterocycles. The number of methoxy groups -OCH3 is 1. The van der Waals surface area contributed by atoms with Gasteiger partial charge >= 0.3 is 5.97 Å². The number of para-hydroxylation sites is 1. The van der Waals surface area contributed by atoms with Gasteiger partial charge in [0.15, 0.2) is 0 Å². The predicted molar refractivity (Wildman–Crippen MR) is 81.3 cm³/mol. The fourth-order valence-corrected chi connectivity index (χ4v) is 2.30. The third-order valence-corrected chi connectivity index (χ3v) is 3.31. The molecule has 1 N–H and O–H groups in total. The second-order valence-corrected chi connectivity index (χ2v) is 4.91. The number of nitrogens with zero attached hydrogens (tertiary/aromatic N) is 2. The number of aromatic nitrogens is 1. The number of carboxylic acids is 1. The van der Waals surface area contributed by atoms with Gasteiger partial charge in [0.25, 0.3) is 0 Å². The predicted octanol–water partition coefficient (Wildman–Crippen LogP) is 3.08. The van der Waals surface area contributed by atoms with Crippen LogP contribution < -0.4 is 9.64 Å². The summed E-state index contributed by atoms with van der Waals surface area (Å²) >= 11 is 6.11. The normalized spacial score (nSPS) is 10.2. The lowest BCUT2D eigenvalue weighted by molar-refractivity contribution is 0.0696. The van der Waals surface area contributed by atoms with E-state index in [1.165, 1.54) is 12.3 Å². The number of ether oxygens (including phenoxy) is 1. The third-order valence-electron chi connectivity index (χ3n) is 3.03. The number of halogens is 1. The van der Waals surface area contributed by atoms with Crippen LogP contribution in [0.2, 0.25) is 5.02 Å². The molecule has 0 aliphatic heterocycles. The number of benzene rings is 1. The molecule has 0 amide bonds. The fourth-order valence-electron chi connectivity index (χ4n) is 1.99. The van der Waals surface area contributed by atoms with Gasteiger partial charge in [-0.1, -0.05) is 29.8 Å². The number of anilines is 1. The van der Waals surface area contributed by atoms with Gasteiger partial charge in [-0.25, -0.2) is 9.78 Å². The first-order chi connectivity index (χ1) is 10.0. The van der Waals surface area contributed by atoms with Crippen molar-refractivity contribution in [2.24, 2.45) is 0 Å². The van der Waals surface area contributed by atoms with Gasteiger partial charge in [-0.15, -0.1) is 0 Å². The highest BCUT2D eigenvalue weighted by Gasteiger charge is 2.13. The third kappa shape index (κ3) is 3.44. The number of hydrogen-bond acceptors (Lipinski definition) is 4. The molecular formula is C15H15ClN2O3. The number of aromatic carboxylic acids is 1. The van der Waals surface area contributed by atoms with E-state index in [9.17, 15) is 4.79 Å². The van der Waals surface area contributed by atoms with Crippen molar-refractivity contribution in [3.63, 3.8) is 0 Å². The van der Waals surface area contributed by atoms with Gasteiger partial charge in [-0.2, -0.15) is 0 Å². The molecule has 0 radical (unpaired) electrons. The fraction of sp³-hybridized carbons (Fsp3) is 0.200. The Hall–Kier alpha value is -2.27. The number of carbonyl (C=O) groups is 1. The van der Waals surface area contributed by atoms with Crippen LogP contribution in [0.3, 0.4) is 0 Å². The monoisotopic (exact) mass is 306 g/mol. The van der Waals surface area contributed by atoms with Crippen LogP contribution in [0.5, 0.6) is 5.75 Å². The molecule has 2 aromatic rings. The highest BCUT2D eigenvalue weighted by atomic mass is 35.5. The topological polar surface area (TPSA) is 62.7 Å². The van der Waals surface area contributed by atoms with Gasteiger partial charge in [0, 0.05) is 25.4 Å². The Bertz CT molecular complexity index is 661. The molecule has 2 rings (SSSR count). The molecule has 1 heterocycles. The van der Waals surface area contributed by atoms with E-state index in [1.807, 2.05) is 36.2 Å². The molecule has 0 saturated carbocycles. The summed E-state index contributed by atoms with van der Waals surface area (Å²) in [5.41, 5.74) is 1.05. The summed E-state index contributed by atoms with van der Waals surface area (Å²) in [6.45, 7) is 0.545. The summed E-state index contributed by atoms with van der Waals surface area (Å²) in [7, 11) is 3.45. The highest BCUT2D eigenvalue weighted by molar-refractivity contribution is 6.33. The van der Waals surface area contributed by atoms with Crippen LogP contribution in [-0.4, -0.2) is 30.2 Å². The summed E-state index contributed by atoms with van der Waals surface area (Å²) in [5.74, 6) is 0.249. The molecule has 0 atom stereocenters. The summed E-state index contributed by atoms with van der Waals surface area (Å²) < 4.78 is 5.31. The van der Waals surface area contributed by atoms with Gasteiger partial charge in [0.2, 0.25) is 0 Å². The zero-order valence-electron chi connectivity index (χ0n) is 11.7. The minimum Gasteiger partial charge on any atom is -0.496 e. The minimum atomic E-state index is -1.05. The molecule has 0 spiro atoms. The Morgan fingerprint density at radius 1 is 1.43 bits per heavy atom. The van der Waals surface area contributed by atoms with Crippen LogP contribution in [-0.2, 0) is 6.54 Å². The number of pyridine rings is 1. The highest BCUT2D eigenvalue weighted by Crippen LogP contribution is 2.26. The molecule has 0 bridgehead atoms. The molecule has 1 aromatic carbocycles. The van der Waals surface area contributed by atoms with Crippen LogP contribution in [0.4, 0.5) is 5.82 Å². The summed E-state index contributed by atoms with van der Waals surface area (Å²) in [6.07, 6.45) is 1.29. The van der Waals surface area contributed by atoms with E-state index in [0.29, 0.717) is 17.4 Å². The van der Waals surface area contributed by atoms with Crippen molar-refractivity contribution in [1.29, 1.82) is 0 Å². The Morgan fingerprint density at radius 2 is 2.14 bits per heavy atom. The largest absolute Gasteiger partial charge is 0.496 e. The van der Waals surface area contributed by atoms with Crippen molar-refractivity contribution in [1.82, 2.24) is 4.98 Å². The van der Waals surface area contributed by atoms with E-state index < -0.39 is 5.97 Å². The average Bonchev–Trinajstić information content (AvgIpc) is 2.47. The summed E-state index contributed by atoms with van der Waals surface area (Å²) in [5, 5.41) is 9.21. The van der Waals surface area contributed by atoms with E-state index in [-0.39, 0.29) is 5.56 Å². The Morgan fingerprint density at radius 3 is 2.76 bits per heavy atom. The second-order valence-electron chi connectivity index (χ2n) is 4.50. The van der Waals surface area contributed by atoms with E-state index in [4.69, 9.17) is 21.4 Å². The maximum atomic E-state index is 10.9. The van der Waals surface area contributed by atoms with E-state index in [2.05, 4.69) is 4.98 Å².